The van der Waals surface area contributed by atoms with Crippen LogP contribution < -0.4 is 4.72 Å². The zero-order valence-electron chi connectivity index (χ0n) is 15.2. The minimum Gasteiger partial charge on any atom is -0.390 e. The Morgan fingerprint density at radius 1 is 1.21 bits per heavy atom. The van der Waals surface area contributed by atoms with Gasteiger partial charge >= 0.3 is 5.69 Å². The summed E-state index contributed by atoms with van der Waals surface area (Å²) in [5.74, 6) is -0.353. The SMILES string of the molecule is O=C(NS(=O)(=O)C(F)OC(Cl)C12CC3CC(CC(O)(C3)C1)C2)c1ccccc1. The van der Waals surface area contributed by atoms with Gasteiger partial charge in [-0.3, -0.25) is 4.79 Å². The van der Waals surface area contributed by atoms with E-state index >= 15 is 0 Å². The van der Waals surface area contributed by atoms with Crippen molar-refractivity contribution < 1.29 is 27.4 Å². The molecule has 2 N–H and O–H groups in total. The molecule has 4 saturated carbocycles. The summed E-state index contributed by atoms with van der Waals surface area (Å²) in [6, 6.07) is 7.64. The first kappa shape index (κ1) is 20.1. The topological polar surface area (TPSA) is 92.7 Å². The average molecular weight is 432 g/mol. The second-order valence-corrected chi connectivity index (χ2v) is 10.7. The molecule has 0 spiro atoms. The van der Waals surface area contributed by atoms with E-state index in [4.69, 9.17) is 16.3 Å². The number of carbonyl (C=O) groups excluding carboxylic acids is 1. The Bertz CT molecular complexity index is 850. The highest BCUT2D eigenvalue weighted by Crippen LogP contribution is 2.63. The number of alkyl halides is 2. The summed E-state index contributed by atoms with van der Waals surface area (Å²) in [7, 11) is -4.72. The quantitative estimate of drug-likeness (QED) is 0.675. The molecule has 6 nitrogen and oxygen atoms in total. The first-order valence-corrected chi connectivity index (χ1v) is 11.4. The van der Waals surface area contributed by atoms with E-state index in [0.29, 0.717) is 43.9 Å². The number of aliphatic hydroxyl groups is 1. The van der Waals surface area contributed by atoms with Crippen molar-refractivity contribution in [3.05, 3.63) is 35.9 Å². The van der Waals surface area contributed by atoms with Crippen molar-refractivity contribution in [2.45, 2.75) is 55.4 Å². The lowest BCUT2D eigenvalue weighted by atomic mass is 9.48. The summed E-state index contributed by atoms with van der Waals surface area (Å²) in [5.41, 5.74) is -5.38. The fourth-order valence-electron chi connectivity index (χ4n) is 5.69. The molecule has 4 fully saturated rings. The van der Waals surface area contributed by atoms with Gasteiger partial charge in [-0.05, 0) is 62.5 Å². The smallest absolute Gasteiger partial charge is 0.321 e. The third kappa shape index (κ3) is 3.67. The first-order chi connectivity index (χ1) is 13.1. The van der Waals surface area contributed by atoms with E-state index in [1.807, 2.05) is 0 Å². The van der Waals surface area contributed by atoms with Gasteiger partial charge in [-0.15, -0.1) is 0 Å². The van der Waals surface area contributed by atoms with Crippen LogP contribution in [-0.2, 0) is 14.8 Å². The fourth-order valence-corrected chi connectivity index (χ4v) is 6.82. The molecule has 0 aromatic heterocycles. The van der Waals surface area contributed by atoms with Crippen molar-refractivity contribution >= 4 is 27.5 Å². The van der Waals surface area contributed by atoms with Crippen LogP contribution in [0.25, 0.3) is 0 Å². The van der Waals surface area contributed by atoms with Crippen LogP contribution in [0.2, 0.25) is 0 Å². The molecule has 4 atom stereocenters. The molecule has 1 amide bonds. The summed E-state index contributed by atoms with van der Waals surface area (Å²) in [6.45, 7) is 0. The maximum atomic E-state index is 14.5. The van der Waals surface area contributed by atoms with E-state index in [0.717, 1.165) is 6.42 Å². The van der Waals surface area contributed by atoms with Crippen LogP contribution in [0.3, 0.4) is 0 Å². The number of sulfonamides is 1. The van der Waals surface area contributed by atoms with Crippen molar-refractivity contribution in [2.75, 3.05) is 0 Å². The number of amides is 1. The monoisotopic (exact) mass is 431 g/mol. The molecule has 28 heavy (non-hydrogen) atoms. The third-order valence-electron chi connectivity index (χ3n) is 6.30. The van der Waals surface area contributed by atoms with E-state index in [-0.39, 0.29) is 5.56 Å². The van der Waals surface area contributed by atoms with E-state index < -0.39 is 38.2 Å². The summed E-state index contributed by atoms with van der Waals surface area (Å²) >= 11 is 6.37. The van der Waals surface area contributed by atoms with Crippen molar-refractivity contribution in [1.82, 2.24) is 4.72 Å². The van der Waals surface area contributed by atoms with Gasteiger partial charge in [0.1, 0.15) is 5.56 Å². The van der Waals surface area contributed by atoms with Gasteiger partial charge in [-0.1, -0.05) is 29.8 Å². The van der Waals surface area contributed by atoms with Gasteiger partial charge in [0.15, 0.2) is 0 Å². The Kier molecular flexibility index (Phi) is 4.97. The lowest BCUT2D eigenvalue weighted by molar-refractivity contribution is -0.197. The number of ether oxygens (including phenoxy) is 1. The van der Waals surface area contributed by atoms with E-state index in [9.17, 15) is 22.7 Å². The first-order valence-electron chi connectivity index (χ1n) is 9.38. The third-order valence-corrected chi connectivity index (χ3v) is 7.93. The van der Waals surface area contributed by atoms with Crippen LogP contribution >= 0.6 is 11.6 Å². The Morgan fingerprint density at radius 3 is 2.39 bits per heavy atom. The summed E-state index contributed by atoms with van der Waals surface area (Å²) in [5, 5.41) is 10.8. The van der Waals surface area contributed by atoms with Gasteiger partial charge in [-0.2, -0.15) is 4.39 Å². The molecule has 0 heterocycles. The van der Waals surface area contributed by atoms with Crippen molar-refractivity contribution in [2.24, 2.45) is 17.3 Å². The van der Waals surface area contributed by atoms with Gasteiger partial charge in [0.2, 0.25) is 0 Å². The molecule has 5 rings (SSSR count). The lowest BCUT2D eigenvalue weighted by Gasteiger charge is -2.61. The number of rotatable bonds is 6. The number of benzene rings is 1. The maximum Gasteiger partial charge on any atom is 0.321 e. The van der Waals surface area contributed by atoms with Crippen molar-refractivity contribution in [3.63, 3.8) is 0 Å². The van der Waals surface area contributed by atoms with Crippen LogP contribution in [0, 0.1) is 17.3 Å². The van der Waals surface area contributed by atoms with Crippen LogP contribution in [0.5, 0.6) is 0 Å². The van der Waals surface area contributed by atoms with Gasteiger partial charge in [0, 0.05) is 11.0 Å². The molecule has 4 aliphatic carbocycles. The second kappa shape index (κ2) is 6.93. The molecule has 154 valence electrons. The predicted octanol–water partition coefficient (Wildman–Crippen LogP) is 2.91. The number of nitrogens with one attached hydrogen (secondary N) is 1. The minimum atomic E-state index is -4.72. The van der Waals surface area contributed by atoms with Crippen molar-refractivity contribution in [1.29, 1.82) is 0 Å². The molecule has 4 aliphatic rings. The van der Waals surface area contributed by atoms with Crippen LogP contribution in [0.1, 0.15) is 48.9 Å². The number of halogens is 2. The predicted molar refractivity (Wildman–Crippen MR) is 101 cm³/mol. The summed E-state index contributed by atoms with van der Waals surface area (Å²) in [6.07, 6.45) is 4.17. The standard InChI is InChI=1S/C19H23ClFNO5S/c20-16(18-7-12-6-13(8-18)10-19(24,9-12)11-18)27-17(21)28(25,26)22-15(23)14-4-2-1-3-5-14/h1-5,12-13,16-17,24H,6-11H2,(H,22,23). The van der Waals surface area contributed by atoms with Crippen LogP contribution in [0.15, 0.2) is 30.3 Å². The molecular weight excluding hydrogens is 409 g/mol. The van der Waals surface area contributed by atoms with Gasteiger partial charge < -0.3 is 9.84 Å². The maximum absolute atomic E-state index is 14.5. The molecule has 1 aromatic rings. The molecule has 0 radical (unpaired) electrons. The highest BCUT2D eigenvalue weighted by molar-refractivity contribution is 7.90. The Labute approximate surface area is 168 Å². The van der Waals surface area contributed by atoms with Crippen molar-refractivity contribution in [3.8, 4) is 0 Å². The number of hydrogen-bond donors (Lipinski definition) is 2. The van der Waals surface area contributed by atoms with E-state index in [1.165, 1.54) is 12.1 Å². The molecule has 9 heteroatoms. The summed E-state index contributed by atoms with van der Waals surface area (Å²) in [4.78, 5) is 12.0. The zero-order chi connectivity index (χ0) is 20.2. The molecular formula is C19H23ClFNO5S. The summed E-state index contributed by atoms with van der Waals surface area (Å²) < 4.78 is 45.7. The Balaban J connectivity index is 1.44. The van der Waals surface area contributed by atoms with Gasteiger partial charge in [0.25, 0.3) is 15.9 Å². The zero-order valence-corrected chi connectivity index (χ0v) is 16.8. The van der Waals surface area contributed by atoms with Gasteiger partial charge in [0.05, 0.1) is 5.60 Å². The largest absolute Gasteiger partial charge is 0.390 e. The average Bonchev–Trinajstić information content (AvgIpc) is 2.60. The second-order valence-electron chi connectivity index (χ2n) is 8.62. The van der Waals surface area contributed by atoms with Crippen LogP contribution in [0.4, 0.5) is 4.39 Å². The van der Waals surface area contributed by atoms with E-state index in [1.54, 1.807) is 22.9 Å². The minimum absolute atomic E-state index is 0.0870. The Hall–Kier alpha value is -1.22. The van der Waals surface area contributed by atoms with Gasteiger partial charge in [-0.25, -0.2) is 13.1 Å². The lowest BCUT2D eigenvalue weighted by Crippen LogP contribution is -2.59. The molecule has 4 unspecified atom stereocenters. The molecule has 0 aliphatic heterocycles. The number of carbonyl (C=O) groups is 1. The highest BCUT2D eigenvalue weighted by Gasteiger charge is 2.60. The van der Waals surface area contributed by atoms with E-state index in [2.05, 4.69) is 0 Å². The van der Waals surface area contributed by atoms with Crippen LogP contribution in [-0.4, -0.2) is 36.3 Å². The molecule has 1 aromatic carbocycles. The fraction of sp³-hybridized carbons (Fsp3) is 0.632. The Morgan fingerprint density at radius 2 is 1.82 bits per heavy atom. The molecule has 4 bridgehead atoms. The number of hydrogen-bond acceptors (Lipinski definition) is 5. The highest BCUT2D eigenvalue weighted by atomic mass is 35.5. The molecule has 0 saturated heterocycles. The normalized spacial score (nSPS) is 36.1.